The van der Waals surface area contributed by atoms with Gasteiger partial charge in [0.15, 0.2) is 0 Å². The second kappa shape index (κ2) is 6.01. The third-order valence-corrected chi connectivity index (χ3v) is 3.80. The van der Waals surface area contributed by atoms with E-state index < -0.39 is 0 Å². The zero-order chi connectivity index (χ0) is 14.7. The number of thioether (sulfide) groups is 1. The standard InChI is InChI=1S/C14H14N4O2S/c1-18-8-7-15-12(18)9-21-14-17-16-13(20-14)10-3-5-11(19-2)6-4-10/h3-8H,9H2,1-2H3. The number of nitrogens with zero attached hydrogens (tertiary/aromatic N) is 4. The molecule has 0 fully saturated rings. The molecular weight excluding hydrogens is 288 g/mol. The molecule has 1 aromatic carbocycles. The van der Waals surface area contributed by atoms with Gasteiger partial charge >= 0.3 is 0 Å². The Bertz CT molecular complexity index is 721. The van der Waals surface area contributed by atoms with Gasteiger partial charge in [-0.3, -0.25) is 0 Å². The summed E-state index contributed by atoms with van der Waals surface area (Å²) in [5.41, 5.74) is 0.868. The maximum absolute atomic E-state index is 5.64. The van der Waals surface area contributed by atoms with Gasteiger partial charge in [-0.15, -0.1) is 10.2 Å². The molecule has 0 spiro atoms. The highest BCUT2D eigenvalue weighted by Crippen LogP contribution is 2.26. The van der Waals surface area contributed by atoms with Crippen molar-refractivity contribution in [2.75, 3.05) is 7.11 Å². The fourth-order valence-electron chi connectivity index (χ4n) is 1.78. The average molecular weight is 302 g/mol. The van der Waals surface area contributed by atoms with Gasteiger partial charge in [-0.1, -0.05) is 11.8 Å². The smallest absolute Gasteiger partial charge is 0.277 e. The molecule has 21 heavy (non-hydrogen) atoms. The summed E-state index contributed by atoms with van der Waals surface area (Å²) in [6.07, 6.45) is 3.68. The first-order valence-electron chi connectivity index (χ1n) is 6.33. The molecule has 0 unspecified atom stereocenters. The molecule has 0 aliphatic rings. The van der Waals surface area contributed by atoms with Crippen molar-refractivity contribution in [3.63, 3.8) is 0 Å². The zero-order valence-electron chi connectivity index (χ0n) is 11.7. The molecule has 3 rings (SSSR count). The van der Waals surface area contributed by atoms with Crippen LogP contribution in [0.2, 0.25) is 0 Å². The number of ether oxygens (including phenoxy) is 1. The van der Waals surface area contributed by atoms with E-state index in [-0.39, 0.29) is 0 Å². The number of hydrogen-bond acceptors (Lipinski definition) is 6. The summed E-state index contributed by atoms with van der Waals surface area (Å²) in [6, 6.07) is 7.50. The molecule has 0 atom stereocenters. The third kappa shape index (κ3) is 3.08. The molecule has 108 valence electrons. The molecule has 0 aliphatic carbocycles. The van der Waals surface area contributed by atoms with Crippen molar-refractivity contribution in [3.05, 3.63) is 42.5 Å². The van der Waals surface area contributed by atoms with Crippen LogP contribution in [0.4, 0.5) is 0 Å². The minimum Gasteiger partial charge on any atom is -0.497 e. The van der Waals surface area contributed by atoms with E-state index >= 15 is 0 Å². The largest absolute Gasteiger partial charge is 0.497 e. The Kier molecular flexibility index (Phi) is 3.92. The molecule has 2 aromatic heterocycles. The molecular formula is C14H14N4O2S. The van der Waals surface area contributed by atoms with Gasteiger partial charge in [0, 0.05) is 25.0 Å². The Balaban J connectivity index is 1.69. The molecule has 0 saturated carbocycles. The first-order valence-corrected chi connectivity index (χ1v) is 7.32. The zero-order valence-corrected chi connectivity index (χ0v) is 12.5. The van der Waals surface area contributed by atoms with Crippen LogP contribution in [0.5, 0.6) is 5.75 Å². The summed E-state index contributed by atoms with van der Waals surface area (Å²) in [6.45, 7) is 0. The molecule has 6 nitrogen and oxygen atoms in total. The van der Waals surface area contributed by atoms with E-state index in [1.54, 1.807) is 13.3 Å². The van der Waals surface area contributed by atoms with E-state index in [0.29, 0.717) is 16.9 Å². The van der Waals surface area contributed by atoms with E-state index in [9.17, 15) is 0 Å². The van der Waals surface area contributed by atoms with Crippen LogP contribution >= 0.6 is 11.8 Å². The molecule has 2 heterocycles. The van der Waals surface area contributed by atoms with E-state index in [0.717, 1.165) is 17.1 Å². The number of rotatable bonds is 5. The highest BCUT2D eigenvalue weighted by Gasteiger charge is 2.10. The number of methoxy groups -OCH3 is 1. The lowest BCUT2D eigenvalue weighted by Gasteiger charge is -1.99. The second-order valence-electron chi connectivity index (χ2n) is 4.34. The maximum atomic E-state index is 5.64. The molecule has 0 N–H and O–H groups in total. The van der Waals surface area contributed by atoms with E-state index in [1.807, 2.05) is 42.1 Å². The van der Waals surface area contributed by atoms with Crippen LogP contribution in [0.1, 0.15) is 5.82 Å². The van der Waals surface area contributed by atoms with E-state index in [2.05, 4.69) is 15.2 Å². The Labute approximate surface area is 126 Å². The second-order valence-corrected chi connectivity index (χ2v) is 5.27. The highest BCUT2D eigenvalue weighted by molar-refractivity contribution is 7.98. The number of aromatic nitrogens is 4. The predicted octanol–water partition coefficient (Wildman–Crippen LogP) is 2.77. The van der Waals surface area contributed by atoms with Crippen molar-refractivity contribution >= 4 is 11.8 Å². The minimum absolute atomic E-state index is 0.500. The lowest BCUT2D eigenvalue weighted by atomic mass is 10.2. The average Bonchev–Trinajstić information content (AvgIpc) is 3.14. The summed E-state index contributed by atoms with van der Waals surface area (Å²) in [4.78, 5) is 4.25. The summed E-state index contributed by atoms with van der Waals surface area (Å²) < 4.78 is 12.7. The Hall–Kier alpha value is -2.28. The topological polar surface area (TPSA) is 66.0 Å². The molecule has 0 saturated heterocycles. The normalized spacial score (nSPS) is 10.8. The van der Waals surface area contributed by atoms with Gasteiger partial charge in [0.1, 0.15) is 11.6 Å². The lowest BCUT2D eigenvalue weighted by Crippen LogP contribution is -1.94. The van der Waals surface area contributed by atoms with Gasteiger partial charge in [0.2, 0.25) is 5.89 Å². The van der Waals surface area contributed by atoms with Crippen LogP contribution in [0.3, 0.4) is 0 Å². The molecule has 0 amide bonds. The van der Waals surface area contributed by atoms with Gasteiger partial charge in [0.05, 0.1) is 12.9 Å². The summed E-state index contributed by atoms with van der Waals surface area (Å²) in [5, 5.41) is 8.63. The van der Waals surface area contributed by atoms with Crippen molar-refractivity contribution < 1.29 is 9.15 Å². The summed E-state index contributed by atoms with van der Waals surface area (Å²) in [7, 11) is 3.59. The first kappa shape index (κ1) is 13.7. The van der Waals surface area contributed by atoms with Crippen LogP contribution in [-0.4, -0.2) is 26.9 Å². The number of aryl methyl sites for hydroxylation is 1. The number of benzene rings is 1. The van der Waals surface area contributed by atoms with Crippen LogP contribution in [0.25, 0.3) is 11.5 Å². The van der Waals surface area contributed by atoms with Crippen LogP contribution < -0.4 is 4.74 Å². The Morgan fingerprint density at radius 2 is 2.05 bits per heavy atom. The van der Waals surface area contributed by atoms with Crippen LogP contribution in [-0.2, 0) is 12.8 Å². The SMILES string of the molecule is COc1ccc(-c2nnc(SCc3nccn3C)o2)cc1. The van der Waals surface area contributed by atoms with Crippen molar-refractivity contribution in [2.45, 2.75) is 11.0 Å². The monoisotopic (exact) mass is 302 g/mol. The fourth-order valence-corrected chi connectivity index (χ4v) is 2.55. The van der Waals surface area contributed by atoms with E-state index in [4.69, 9.17) is 9.15 Å². The highest BCUT2D eigenvalue weighted by atomic mass is 32.2. The fraction of sp³-hybridized carbons (Fsp3) is 0.214. The summed E-state index contributed by atoms with van der Waals surface area (Å²) >= 11 is 1.47. The van der Waals surface area contributed by atoms with Gasteiger partial charge in [-0.2, -0.15) is 0 Å². The number of imidazole rings is 1. The molecule has 7 heteroatoms. The Morgan fingerprint density at radius 1 is 1.24 bits per heavy atom. The van der Waals surface area contributed by atoms with Crippen molar-refractivity contribution in [1.82, 2.24) is 19.7 Å². The van der Waals surface area contributed by atoms with E-state index in [1.165, 1.54) is 11.8 Å². The predicted molar refractivity (Wildman–Crippen MR) is 79.1 cm³/mol. The first-order chi connectivity index (χ1) is 10.3. The lowest BCUT2D eigenvalue weighted by molar-refractivity contribution is 0.414. The molecule has 0 bridgehead atoms. The van der Waals surface area contributed by atoms with Crippen molar-refractivity contribution in [3.8, 4) is 17.2 Å². The maximum Gasteiger partial charge on any atom is 0.277 e. The van der Waals surface area contributed by atoms with Crippen LogP contribution in [0.15, 0.2) is 46.3 Å². The molecule has 0 radical (unpaired) electrons. The third-order valence-electron chi connectivity index (χ3n) is 2.99. The van der Waals surface area contributed by atoms with Gasteiger partial charge in [0.25, 0.3) is 5.22 Å². The van der Waals surface area contributed by atoms with Crippen molar-refractivity contribution in [1.29, 1.82) is 0 Å². The summed E-state index contributed by atoms with van der Waals surface area (Å²) in [5.74, 6) is 2.94. The van der Waals surface area contributed by atoms with Gasteiger partial charge < -0.3 is 13.7 Å². The minimum atomic E-state index is 0.500. The van der Waals surface area contributed by atoms with Crippen molar-refractivity contribution in [2.24, 2.45) is 7.05 Å². The molecule has 0 aliphatic heterocycles. The van der Waals surface area contributed by atoms with Gasteiger partial charge in [-0.05, 0) is 24.3 Å². The Morgan fingerprint density at radius 3 is 2.71 bits per heavy atom. The van der Waals surface area contributed by atoms with Gasteiger partial charge in [-0.25, -0.2) is 4.98 Å². The number of hydrogen-bond donors (Lipinski definition) is 0. The van der Waals surface area contributed by atoms with Crippen LogP contribution in [0, 0.1) is 0 Å². The quantitative estimate of drug-likeness (QED) is 0.675. The molecule has 3 aromatic rings.